The van der Waals surface area contributed by atoms with E-state index in [4.69, 9.17) is 35.3 Å². The van der Waals surface area contributed by atoms with Gasteiger partial charge in [0.25, 0.3) is 0 Å². The molecule has 2 aromatic rings. The molecule has 2 saturated heterocycles. The van der Waals surface area contributed by atoms with Crippen LogP contribution in [0.2, 0.25) is 5.02 Å². The molecule has 250 valence electrons. The molecule has 3 fully saturated rings. The van der Waals surface area contributed by atoms with Gasteiger partial charge in [-0.3, -0.25) is 4.79 Å². The van der Waals surface area contributed by atoms with E-state index in [9.17, 15) is 35.4 Å². The van der Waals surface area contributed by atoms with Gasteiger partial charge in [-0.05, 0) is 74.4 Å². The summed E-state index contributed by atoms with van der Waals surface area (Å²) in [5.41, 5.74) is -0.677. The fourth-order valence-electron chi connectivity index (χ4n) is 5.61. The predicted octanol–water partition coefficient (Wildman–Crippen LogP) is 1.01. The minimum absolute atomic E-state index is 0.0425. The molecule has 1 saturated carbocycles. The maximum absolute atomic E-state index is 12.9. The number of benzene rings is 2. The second-order valence-electron chi connectivity index (χ2n) is 11.8. The fourth-order valence-corrected chi connectivity index (χ4v) is 5.79. The van der Waals surface area contributed by atoms with Crippen LogP contribution >= 0.6 is 11.6 Å². The number of aliphatic hydroxyl groups excluding tert-OH is 4. The van der Waals surface area contributed by atoms with Gasteiger partial charge in [-0.2, -0.15) is 0 Å². The number of rotatable bonds is 9. The van der Waals surface area contributed by atoms with Crippen LogP contribution in [0, 0.1) is 0 Å². The van der Waals surface area contributed by atoms with Crippen LogP contribution in [-0.4, -0.2) is 111 Å². The third-order valence-electron chi connectivity index (χ3n) is 8.39. The van der Waals surface area contributed by atoms with E-state index in [1.54, 1.807) is 43.3 Å². The largest absolute Gasteiger partial charge is 0.504 e. The smallest absolute Gasteiger partial charge is 0.247 e. The normalized spacial score (nSPS) is 34.7. The molecule has 3 aliphatic rings. The highest BCUT2D eigenvalue weighted by atomic mass is 35.5. The summed E-state index contributed by atoms with van der Waals surface area (Å²) >= 11 is 5.98. The third kappa shape index (κ3) is 7.03. The van der Waals surface area contributed by atoms with Crippen LogP contribution in [0.25, 0.3) is 6.08 Å². The Hall–Kier alpha value is -3.24. The van der Waals surface area contributed by atoms with Crippen LogP contribution in [0.1, 0.15) is 26.3 Å². The van der Waals surface area contributed by atoms with Gasteiger partial charge in [-0.1, -0.05) is 23.7 Å². The van der Waals surface area contributed by atoms with Crippen molar-refractivity contribution in [1.82, 2.24) is 5.32 Å². The number of aromatic hydroxyl groups is 1. The number of phenolic OH excluding ortho intramolecular Hbond substituents is 1. The van der Waals surface area contributed by atoms with Crippen molar-refractivity contribution in [3.63, 3.8) is 0 Å². The quantitative estimate of drug-likeness (QED) is 0.149. The molecule has 0 aromatic heterocycles. The summed E-state index contributed by atoms with van der Waals surface area (Å²) in [6.07, 6.45) is -6.47. The number of carbonyl (C=O) groups excluding carboxylic acids is 1. The summed E-state index contributed by atoms with van der Waals surface area (Å²) in [5, 5.41) is 67.0. The van der Waals surface area contributed by atoms with Gasteiger partial charge in [0.05, 0.1) is 6.04 Å². The lowest BCUT2D eigenvalue weighted by Crippen LogP contribution is -2.67. The monoisotopic (exact) mass is 663 g/mol. The number of hydrogen-bond acceptors (Lipinski definition) is 12. The van der Waals surface area contributed by atoms with Crippen LogP contribution in [0.3, 0.4) is 0 Å². The minimum Gasteiger partial charge on any atom is -0.504 e. The molecule has 5 rings (SSSR count). The lowest BCUT2D eigenvalue weighted by molar-refractivity contribution is -0.155. The second-order valence-corrected chi connectivity index (χ2v) is 12.2. The number of aliphatic hydroxyl groups is 5. The number of hydrogen-bond donors (Lipinski definition) is 7. The molecule has 1 aliphatic carbocycles. The molecule has 2 aromatic carbocycles. The molecule has 2 heterocycles. The Morgan fingerprint density at radius 1 is 1.07 bits per heavy atom. The van der Waals surface area contributed by atoms with Crippen LogP contribution in [-0.2, 0) is 19.0 Å². The molecule has 13 nitrogen and oxygen atoms in total. The fraction of sp³-hybridized carbons (Fsp3) is 0.469. The number of halogens is 1. The van der Waals surface area contributed by atoms with Crippen molar-refractivity contribution in [2.24, 2.45) is 0 Å². The Morgan fingerprint density at radius 3 is 2.48 bits per heavy atom. The Balaban J connectivity index is 1.21. The number of phenols is 1. The number of amides is 1. The van der Waals surface area contributed by atoms with Crippen molar-refractivity contribution in [2.75, 3.05) is 13.4 Å². The summed E-state index contributed by atoms with van der Waals surface area (Å²) in [5.74, 6) is -0.438. The van der Waals surface area contributed by atoms with Crippen molar-refractivity contribution < 1.29 is 59.1 Å². The van der Waals surface area contributed by atoms with E-state index in [0.717, 1.165) is 0 Å². The van der Waals surface area contributed by atoms with Crippen molar-refractivity contribution in [3.05, 3.63) is 70.3 Å². The van der Waals surface area contributed by atoms with E-state index in [0.29, 0.717) is 21.9 Å². The first-order valence-corrected chi connectivity index (χ1v) is 15.0. The molecule has 14 heteroatoms. The molecule has 10 atom stereocenters. The highest BCUT2D eigenvalue weighted by Gasteiger charge is 2.55. The van der Waals surface area contributed by atoms with Crippen molar-refractivity contribution in [2.45, 2.75) is 81.4 Å². The summed E-state index contributed by atoms with van der Waals surface area (Å²) in [6, 6.07) is 9.97. The maximum atomic E-state index is 12.9. The Bertz CT molecular complexity index is 1480. The third-order valence-corrected chi connectivity index (χ3v) is 8.63. The van der Waals surface area contributed by atoms with Gasteiger partial charge in [0, 0.05) is 10.6 Å². The minimum atomic E-state index is -1.84. The first-order valence-electron chi connectivity index (χ1n) is 14.6. The van der Waals surface area contributed by atoms with Gasteiger partial charge >= 0.3 is 0 Å². The van der Waals surface area contributed by atoms with E-state index >= 15 is 0 Å². The maximum Gasteiger partial charge on any atom is 0.247 e. The predicted molar refractivity (Wildman–Crippen MR) is 163 cm³/mol. The average Bonchev–Trinajstić information content (AvgIpc) is 3.59. The number of nitrogens with one attached hydrogen (secondary N) is 1. The molecule has 1 amide bonds. The van der Waals surface area contributed by atoms with Crippen molar-refractivity contribution in [3.8, 4) is 17.2 Å². The highest BCUT2D eigenvalue weighted by molar-refractivity contribution is 6.30. The van der Waals surface area contributed by atoms with Gasteiger partial charge in [-0.15, -0.1) is 0 Å². The summed E-state index contributed by atoms with van der Waals surface area (Å²) in [7, 11) is 0. The van der Waals surface area contributed by atoms with Crippen molar-refractivity contribution in [1.29, 1.82) is 0 Å². The first kappa shape index (κ1) is 34.1. The molecular formula is C32H38ClNO12. The topological polar surface area (TPSA) is 197 Å². The first-order chi connectivity index (χ1) is 21.8. The van der Waals surface area contributed by atoms with Crippen LogP contribution in [0.5, 0.6) is 17.2 Å². The number of carbonyl (C=O) groups is 1. The molecule has 2 aliphatic heterocycles. The molecule has 7 N–H and O–H groups in total. The van der Waals surface area contributed by atoms with Crippen LogP contribution in [0.4, 0.5) is 0 Å². The van der Waals surface area contributed by atoms with Gasteiger partial charge in [0.15, 0.2) is 17.1 Å². The molecule has 0 spiro atoms. The Morgan fingerprint density at radius 2 is 1.78 bits per heavy atom. The lowest BCUT2D eigenvalue weighted by atomic mass is 9.83. The molecule has 46 heavy (non-hydrogen) atoms. The van der Waals surface area contributed by atoms with Crippen molar-refractivity contribution >= 4 is 23.6 Å². The lowest BCUT2D eigenvalue weighted by Gasteiger charge is -2.41. The average molecular weight is 664 g/mol. The number of fused-ring (bicyclic) bond motifs is 1. The Labute approximate surface area is 270 Å². The zero-order valence-electron chi connectivity index (χ0n) is 25.3. The molecule has 0 bridgehead atoms. The van der Waals surface area contributed by atoms with Gasteiger partial charge in [-0.25, -0.2) is 0 Å². The summed E-state index contributed by atoms with van der Waals surface area (Å²) in [4.78, 5) is 12.9. The van der Waals surface area contributed by atoms with E-state index in [-0.39, 0.29) is 30.5 Å². The zero-order chi connectivity index (χ0) is 33.3. The molecular weight excluding hydrogens is 626 g/mol. The van der Waals surface area contributed by atoms with E-state index in [1.807, 2.05) is 0 Å². The van der Waals surface area contributed by atoms with Gasteiger partial charge in [0.2, 0.25) is 12.2 Å². The molecule has 0 radical (unpaired) electrons. The SMILES string of the molecule is CC(=Cc1ccc(O[C@@H]2O[C@H](C(C)=CCOc3cccc(Cl)c3)[C@@H](O)[C@]2(C)O)c(O)c1)C(=O)N[C@@H]1[C@H](O)[C@@H](O)[C@H]2OCO[C@H]2[C@@H]1O. The highest BCUT2D eigenvalue weighted by Crippen LogP contribution is 2.38. The second kappa shape index (κ2) is 13.9. The van der Waals surface area contributed by atoms with Crippen LogP contribution < -0.4 is 14.8 Å². The van der Waals surface area contributed by atoms with Gasteiger partial charge < -0.3 is 59.6 Å². The molecule has 0 unspecified atom stereocenters. The van der Waals surface area contributed by atoms with E-state index in [1.165, 1.54) is 32.1 Å². The summed E-state index contributed by atoms with van der Waals surface area (Å²) in [6.45, 7) is 4.58. The standard InChI is InChI=1S/C32H38ClNO12/c1-15(9-10-42-19-6-4-5-18(33)13-19)26-29(39)32(3,41)31(46-26)45-21-8-7-17(12-20(21)35)11-16(2)30(40)34-22-23(36)25(38)28-27(24(22)37)43-14-44-28/h4-9,11-13,22-29,31,35-39,41H,10,14H2,1-3H3,(H,34,40)/t22-,23+,24-,25-,26-,27+,28-,29-,31-,32+/m1/s1. The van der Waals surface area contributed by atoms with Gasteiger partial charge in [0.1, 0.15) is 61.9 Å². The number of ether oxygens (including phenoxy) is 5. The van der Waals surface area contributed by atoms with Crippen LogP contribution in [0.15, 0.2) is 59.7 Å². The zero-order valence-corrected chi connectivity index (χ0v) is 26.1. The van der Waals surface area contributed by atoms with E-state index < -0.39 is 66.6 Å². The van der Waals surface area contributed by atoms with E-state index in [2.05, 4.69) is 5.32 Å². The summed E-state index contributed by atoms with van der Waals surface area (Å²) < 4.78 is 27.8. The Kier molecular flexibility index (Phi) is 10.3.